The van der Waals surface area contributed by atoms with Gasteiger partial charge in [-0.3, -0.25) is 0 Å². The van der Waals surface area contributed by atoms with Gasteiger partial charge in [-0.05, 0) is 69.3 Å². The Morgan fingerprint density at radius 1 is 1.25 bits per heavy atom. The Hall–Kier alpha value is -1.06. The highest BCUT2D eigenvalue weighted by atomic mass is 16.5. The molecule has 1 heterocycles. The van der Waals surface area contributed by atoms with Crippen molar-refractivity contribution in [3.05, 3.63) is 29.8 Å². The zero-order valence-corrected chi connectivity index (χ0v) is 12.7. The van der Waals surface area contributed by atoms with Crippen LogP contribution in [0.25, 0.3) is 0 Å². The van der Waals surface area contributed by atoms with E-state index in [-0.39, 0.29) is 0 Å². The molecule has 0 aromatic heterocycles. The van der Waals surface area contributed by atoms with Gasteiger partial charge in [0.1, 0.15) is 5.75 Å². The zero-order chi connectivity index (χ0) is 14.4. The number of phenols is 1. The second-order valence-corrected chi connectivity index (χ2v) is 5.99. The molecule has 2 rings (SSSR count). The van der Waals surface area contributed by atoms with Crippen LogP contribution >= 0.6 is 0 Å². The summed E-state index contributed by atoms with van der Waals surface area (Å²) in [6.45, 7) is 5.64. The predicted molar refractivity (Wildman–Crippen MR) is 82.1 cm³/mol. The van der Waals surface area contributed by atoms with Crippen molar-refractivity contribution in [2.45, 2.75) is 38.6 Å². The van der Waals surface area contributed by atoms with Crippen LogP contribution in [0.5, 0.6) is 5.75 Å². The van der Waals surface area contributed by atoms with Gasteiger partial charge in [0.05, 0.1) is 0 Å². The molecule has 1 unspecified atom stereocenters. The van der Waals surface area contributed by atoms with Gasteiger partial charge in [0.25, 0.3) is 0 Å². The van der Waals surface area contributed by atoms with Crippen LogP contribution in [-0.2, 0) is 11.2 Å². The summed E-state index contributed by atoms with van der Waals surface area (Å²) in [5.41, 5.74) is 1.31. The molecule has 1 aliphatic rings. The van der Waals surface area contributed by atoms with Crippen molar-refractivity contribution in [1.29, 1.82) is 0 Å². The van der Waals surface area contributed by atoms with Gasteiger partial charge in [-0.15, -0.1) is 0 Å². The standard InChI is InChI=1S/C17H27NO2/c1-14(3-4-15-5-7-17(19)8-6-15)18-11-9-16(10-12-18)13-20-2/h5-8,14,16,19H,3-4,9-13H2,1-2H3. The Bertz CT molecular complexity index is 382. The summed E-state index contributed by atoms with van der Waals surface area (Å²) in [7, 11) is 1.80. The molecule has 1 N–H and O–H groups in total. The van der Waals surface area contributed by atoms with Gasteiger partial charge < -0.3 is 14.7 Å². The Labute approximate surface area is 122 Å². The topological polar surface area (TPSA) is 32.7 Å². The number of phenolic OH excluding ortho intramolecular Hbond substituents is 1. The summed E-state index contributed by atoms with van der Waals surface area (Å²) < 4.78 is 5.25. The third kappa shape index (κ3) is 4.50. The number of aryl methyl sites for hydroxylation is 1. The quantitative estimate of drug-likeness (QED) is 0.867. The van der Waals surface area contributed by atoms with Gasteiger partial charge in [0.2, 0.25) is 0 Å². The molecular formula is C17H27NO2. The molecule has 1 aromatic carbocycles. The third-order valence-electron chi connectivity index (χ3n) is 4.46. The zero-order valence-electron chi connectivity index (χ0n) is 12.7. The van der Waals surface area contributed by atoms with Gasteiger partial charge >= 0.3 is 0 Å². The molecular weight excluding hydrogens is 250 g/mol. The third-order valence-corrected chi connectivity index (χ3v) is 4.46. The van der Waals surface area contributed by atoms with E-state index in [4.69, 9.17) is 4.74 Å². The van der Waals surface area contributed by atoms with Crippen molar-refractivity contribution < 1.29 is 9.84 Å². The number of methoxy groups -OCH3 is 1. The summed E-state index contributed by atoms with van der Waals surface area (Å²) >= 11 is 0. The Kier molecular flexibility index (Phi) is 5.86. The van der Waals surface area contributed by atoms with Crippen molar-refractivity contribution >= 4 is 0 Å². The number of hydrogen-bond donors (Lipinski definition) is 1. The maximum Gasteiger partial charge on any atom is 0.115 e. The minimum Gasteiger partial charge on any atom is -0.508 e. The van der Waals surface area contributed by atoms with Crippen molar-refractivity contribution in [2.24, 2.45) is 5.92 Å². The summed E-state index contributed by atoms with van der Waals surface area (Å²) in [4.78, 5) is 2.60. The Balaban J connectivity index is 1.72. The van der Waals surface area contributed by atoms with Crippen LogP contribution in [0.2, 0.25) is 0 Å². The highest BCUT2D eigenvalue weighted by molar-refractivity contribution is 5.25. The monoisotopic (exact) mass is 277 g/mol. The van der Waals surface area contributed by atoms with E-state index in [0.29, 0.717) is 11.8 Å². The predicted octanol–water partition coefficient (Wildman–Crippen LogP) is 3.07. The van der Waals surface area contributed by atoms with Gasteiger partial charge in [-0.25, -0.2) is 0 Å². The van der Waals surface area contributed by atoms with Crippen molar-refractivity contribution in [1.82, 2.24) is 4.90 Å². The van der Waals surface area contributed by atoms with Crippen LogP contribution in [0.1, 0.15) is 31.7 Å². The minimum atomic E-state index is 0.349. The molecule has 0 spiro atoms. The largest absolute Gasteiger partial charge is 0.508 e. The number of aromatic hydroxyl groups is 1. The van der Waals surface area contributed by atoms with Crippen molar-refractivity contribution in [2.75, 3.05) is 26.8 Å². The average molecular weight is 277 g/mol. The highest BCUT2D eigenvalue weighted by Gasteiger charge is 2.22. The summed E-state index contributed by atoms with van der Waals surface area (Å²) in [5.74, 6) is 1.10. The average Bonchev–Trinajstić information content (AvgIpc) is 2.47. The molecule has 3 heteroatoms. The lowest BCUT2D eigenvalue weighted by molar-refractivity contribution is 0.0815. The lowest BCUT2D eigenvalue weighted by atomic mass is 9.95. The first-order valence-corrected chi connectivity index (χ1v) is 7.70. The molecule has 3 nitrogen and oxygen atoms in total. The van der Waals surface area contributed by atoms with Gasteiger partial charge in [0.15, 0.2) is 0 Å². The number of nitrogens with zero attached hydrogens (tertiary/aromatic N) is 1. The van der Waals surface area contributed by atoms with E-state index in [0.717, 1.165) is 18.9 Å². The molecule has 112 valence electrons. The van der Waals surface area contributed by atoms with Crippen LogP contribution in [0.15, 0.2) is 24.3 Å². The van der Waals surface area contributed by atoms with Crippen LogP contribution in [-0.4, -0.2) is 42.9 Å². The molecule has 1 aliphatic heterocycles. The van der Waals surface area contributed by atoms with Crippen LogP contribution in [0.4, 0.5) is 0 Å². The Morgan fingerprint density at radius 2 is 1.90 bits per heavy atom. The fourth-order valence-electron chi connectivity index (χ4n) is 3.02. The number of rotatable bonds is 6. The second-order valence-electron chi connectivity index (χ2n) is 5.99. The first kappa shape index (κ1) is 15.3. The SMILES string of the molecule is COCC1CCN(C(C)CCc2ccc(O)cc2)CC1. The molecule has 1 aromatic rings. The first-order valence-electron chi connectivity index (χ1n) is 7.70. The van der Waals surface area contributed by atoms with Crippen LogP contribution in [0.3, 0.4) is 0 Å². The van der Waals surface area contributed by atoms with Gasteiger partial charge in [0, 0.05) is 19.8 Å². The molecule has 1 atom stereocenters. The smallest absolute Gasteiger partial charge is 0.115 e. The lowest BCUT2D eigenvalue weighted by Gasteiger charge is -2.36. The maximum atomic E-state index is 9.29. The van der Waals surface area contributed by atoms with E-state index in [1.807, 2.05) is 12.1 Å². The number of hydrogen-bond acceptors (Lipinski definition) is 3. The van der Waals surface area contributed by atoms with E-state index >= 15 is 0 Å². The number of piperidine rings is 1. The van der Waals surface area contributed by atoms with Crippen molar-refractivity contribution in [3.8, 4) is 5.75 Å². The lowest BCUT2D eigenvalue weighted by Crippen LogP contribution is -2.40. The van der Waals surface area contributed by atoms with E-state index in [1.54, 1.807) is 19.2 Å². The molecule has 0 bridgehead atoms. The second kappa shape index (κ2) is 7.65. The summed E-state index contributed by atoms with van der Waals surface area (Å²) in [6.07, 6.45) is 4.79. The van der Waals surface area contributed by atoms with Gasteiger partial charge in [-0.1, -0.05) is 12.1 Å². The first-order chi connectivity index (χ1) is 9.69. The van der Waals surface area contributed by atoms with E-state index in [2.05, 4.69) is 11.8 Å². The maximum absolute atomic E-state index is 9.29. The van der Waals surface area contributed by atoms with Crippen LogP contribution in [0, 0.1) is 5.92 Å². The fraction of sp³-hybridized carbons (Fsp3) is 0.647. The van der Waals surface area contributed by atoms with Crippen molar-refractivity contribution in [3.63, 3.8) is 0 Å². The highest BCUT2D eigenvalue weighted by Crippen LogP contribution is 2.21. The minimum absolute atomic E-state index is 0.349. The van der Waals surface area contributed by atoms with E-state index in [9.17, 15) is 5.11 Å². The van der Waals surface area contributed by atoms with E-state index in [1.165, 1.54) is 37.9 Å². The molecule has 1 fully saturated rings. The molecule has 1 saturated heterocycles. The number of likely N-dealkylation sites (tertiary alicyclic amines) is 1. The molecule has 0 aliphatic carbocycles. The number of ether oxygens (including phenoxy) is 1. The number of benzene rings is 1. The molecule has 20 heavy (non-hydrogen) atoms. The molecule has 0 amide bonds. The molecule has 0 radical (unpaired) electrons. The normalized spacial score (nSPS) is 19.1. The summed E-state index contributed by atoms with van der Waals surface area (Å²) in [6, 6.07) is 8.22. The fourth-order valence-corrected chi connectivity index (χ4v) is 3.02. The van der Waals surface area contributed by atoms with E-state index < -0.39 is 0 Å². The summed E-state index contributed by atoms with van der Waals surface area (Å²) in [5, 5.41) is 9.29. The molecule has 0 saturated carbocycles. The Morgan fingerprint density at radius 3 is 2.50 bits per heavy atom. The van der Waals surface area contributed by atoms with Crippen LogP contribution < -0.4 is 0 Å². The van der Waals surface area contributed by atoms with Gasteiger partial charge in [-0.2, -0.15) is 0 Å².